The van der Waals surface area contributed by atoms with Crippen molar-refractivity contribution in [3.8, 4) is 16.5 Å². The van der Waals surface area contributed by atoms with E-state index in [0.717, 1.165) is 40.8 Å². The third-order valence-corrected chi connectivity index (χ3v) is 13.8. The molecule has 1 aliphatic carbocycles. The number of carbonyl (C=O) groups excluding carboxylic acids is 4. The van der Waals surface area contributed by atoms with Gasteiger partial charge in [-0.05, 0) is 67.0 Å². The van der Waals surface area contributed by atoms with Gasteiger partial charge in [0, 0.05) is 12.3 Å². The highest BCUT2D eigenvalue weighted by Crippen LogP contribution is 2.46. The van der Waals surface area contributed by atoms with E-state index in [4.69, 9.17) is 14.7 Å². The number of nitrogens with zero attached hydrogens (tertiary/aromatic N) is 3. The topological polar surface area (TPSA) is 177 Å². The fraction of sp³-hybridized carbons (Fsp3) is 0.389. The van der Waals surface area contributed by atoms with Crippen LogP contribution in [0.4, 0.5) is 4.79 Å². The standard InChI is InChI=1S/C36H38N6O7S4/c1-50-35(46)39-26-14-6-4-2-3-5-11-22-20-36(22,34(45)41-53(47,48)29-16-10-18-52-29)40-31(43)27-19-23(21-42(27)33(26)44)49-32-30(28-15-9-17-51-28)37-24-12-7-8-13-25(24)38-32/h5,7-13,15-18,22-23,26-27H,2-4,6,14,19-21H2,1H3,(H,39,46)(H,40,43)(H,41,45)/b11-5+/t22?,23-,26-,27+,36-/m1/s1. The van der Waals surface area contributed by atoms with Crippen molar-refractivity contribution in [3.05, 3.63) is 71.4 Å². The van der Waals surface area contributed by atoms with E-state index in [1.807, 2.05) is 53.9 Å². The van der Waals surface area contributed by atoms with Gasteiger partial charge in [0.25, 0.3) is 21.2 Å². The lowest BCUT2D eigenvalue weighted by molar-refractivity contribution is -0.141. The minimum Gasteiger partial charge on any atom is -0.471 e. The first-order valence-corrected chi connectivity index (χ1v) is 21.8. The number of rotatable bonds is 7. The molecule has 1 saturated heterocycles. The lowest BCUT2D eigenvalue weighted by Crippen LogP contribution is -2.58. The normalized spacial score (nSPS) is 25.6. The molecule has 17 heteroatoms. The summed E-state index contributed by atoms with van der Waals surface area (Å²) in [4.78, 5) is 67.1. The first-order chi connectivity index (χ1) is 25.6. The zero-order valence-corrected chi connectivity index (χ0v) is 32.0. The summed E-state index contributed by atoms with van der Waals surface area (Å²) in [6, 6.07) is 12.2. The fourth-order valence-electron chi connectivity index (χ4n) is 6.84. The fourth-order valence-corrected chi connectivity index (χ4v) is 9.84. The second kappa shape index (κ2) is 15.6. The van der Waals surface area contributed by atoms with Gasteiger partial charge in [-0.2, -0.15) is 0 Å². The van der Waals surface area contributed by atoms with Crippen LogP contribution in [0, 0.1) is 5.92 Å². The summed E-state index contributed by atoms with van der Waals surface area (Å²) in [6.45, 7) is -0.00374. The largest absolute Gasteiger partial charge is 0.471 e. The smallest absolute Gasteiger partial charge is 0.279 e. The number of aromatic nitrogens is 2. The van der Waals surface area contributed by atoms with Crippen LogP contribution >= 0.6 is 34.4 Å². The molecule has 2 fully saturated rings. The molecule has 4 amide bonds. The van der Waals surface area contributed by atoms with E-state index >= 15 is 0 Å². The van der Waals surface area contributed by atoms with Crippen LogP contribution in [-0.4, -0.2) is 82.8 Å². The summed E-state index contributed by atoms with van der Waals surface area (Å²) in [6.07, 6.45) is 8.28. The van der Waals surface area contributed by atoms with Crippen molar-refractivity contribution in [1.29, 1.82) is 0 Å². The average Bonchev–Trinajstić information content (AvgIpc) is 3.68. The summed E-state index contributed by atoms with van der Waals surface area (Å²) in [5.41, 5.74) is 0.276. The molecule has 1 unspecified atom stereocenters. The molecular weight excluding hydrogens is 757 g/mol. The van der Waals surface area contributed by atoms with Crippen LogP contribution in [-0.2, 0) is 24.4 Å². The number of hydrogen-bond acceptors (Lipinski definition) is 12. The van der Waals surface area contributed by atoms with Gasteiger partial charge in [0.2, 0.25) is 17.7 Å². The number of nitrogens with one attached hydrogen (secondary N) is 3. The number of ether oxygens (including phenoxy) is 1. The van der Waals surface area contributed by atoms with E-state index in [-0.39, 0.29) is 34.7 Å². The monoisotopic (exact) mass is 794 g/mol. The number of amides is 4. The molecule has 4 aromatic rings. The summed E-state index contributed by atoms with van der Waals surface area (Å²) in [5.74, 6) is -2.12. The summed E-state index contributed by atoms with van der Waals surface area (Å²) in [7, 11) is -4.19. The number of para-hydroxylation sites is 2. The van der Waals surface area contributed by atoms with Gasteiger partial charge in [-0.1, -0.05) is 61.0 Å². The van der Waals surface area contributed by atoms with Gasteiger partial charge in [-0.3, -0.25) is 19.2 Å². The number of thiophene rings is 2. The van der Waals surface area contributed by atoms with Gasteiger partial charge in [-0.25, -0.2) is 23.1 Å². The Balaban J connectivity index is 1.22. The Kier molecular flexibility index (Phi) is 10.9. The third-order valence-electron chi connectivity index (χ3n) is 9.68. The number of carbonyl (C=O) groups is 4. The molecule has 3 aromatic heterocycles. The van der Waals surface area contributed by atoms with Crippen molar-refractivity contribution in [2.24, 2.45) is 5.92 Å². The molecule has 5 atom stereocenters. The molecule has 2 aliphatic heterocycles. The highest BCUT2D eigenvalue weighted by atomic mass is 32.2. The highest BCUT2D eigenvalue weighted by molar-refractivity contribution is 8.12. The maximum atomic E-state index is 14.4. The number of allylic oxidation sites excluding steroid dienone is 1. The first kappa shape index (κ1) is 37.0. The van der Waals surface area contributed by atoms with Gasteiger partial charge in [0.05, 0.1) is 22.5 Å². The summed E-state index contributed by atoms with van der Waals surface area (Å²) < 4.78 is 34.9. The molecule has 3 aliphatic rings. The van der Waals surface area contributed by atoms with Crippen molar-refractivity contribution in [2.75, 3.05) is 12.8 Å². The molecule has 5 heterocycles. The van der Waals surface area contributed by atoms with E-state index in [9.17, 15) is 27.6 Å². The van der Waals surface area contributed by atoms with Gasteiger partial charge in [0.1, 0.15) is 33.6 Å². The molecule has 278 valence electrons. The number of thioether (sulfide) groups is 1. The second-order valence-corrected chi connectivity index (χ2v) is 17.8. The molecule has 1 aromatic carbocycles. The van der Waals surface area contributed by atoms with Gasteiger partial charge < -0.3 is 20.3 Å². The SMILES string of the molecule is CSC(=O)N[C@@H]1CCCCC/C=C/C2C[C@@]2(C(=O)NS(=O)(=O)c2cccs2)NC(=O)[C@@H]2C[C@@H](Oc3nc4ccccc4nc3-c3cccs3)CN2C1=O. The molecule has 7 rings (SSSR count). The summed E-state index contributed by atoms with van der Waals surface area (Å²) in [5, 5.41) is 8.85. The van der Waals surface area contributed by atoms with E-state index in [2.05, 4.69) is 15.4 Å². The van der Waals surface area contributed by atoms with Crippen LogP contribution in [0.3, 0.4) is 0 Å². The highest BCUT2D eigenvalue weighted by Gasteiger charge is 2.61. The van der Waals surface area contributed by atoms with Gasteiger partial charge in [-0.15, -0.1) is 22.7 Å². The quantitative estimate of drug-likeness (QED) is 0.213. The van der Waals surface area contributed by atoms with Crippen LogP contribution in [0.1, 0.15) is 44.9 Å². The van der Waals surface area contributed by atoms with E-state index in [1.165, 1.54) is 22.3 Å². The van der Waals surface area contributed by atoms with Crippen molar-refractivity contribution in [3.63, 3.8) is 0 Å². The Bertz CT molecular complexity index is 2140. The van der Waals surface area contributed by atoms with E-state index in [1.54, 1.807) is 17.7 Å². The zero-order valence-electron chi connectivity index (χ0n) is 28.7. The first-order valence-electron chi connectivity index (χ1n) is 17.3. The molecule has 0 radical (unpaired) electrons. The van der Waals surface area contributed by atoms with Crippen LogP contribution in [0.5, 0.6) is 5.88 Å². The van der Waals surface area contributed by atoms with Gasteiger partial charge in [0.15, 0.2) is 0 Å². The van der Waals surface area contributed by atoms with Crippen molar-refractivity contribution in [2.45, 2.75) is 72.9 Å². The minimum absolute atomic E-state index is 0.00374. The van der Waals surface area contributed by atoms with E-state index in [0.29, 0.717) is 36.0 Å². The molecular formula is C36H38N6O7S4. The van der Waals surface area contributed by atoms with Crippen molar-refractivity contribution < 1.29 is 32.3 Å². The van der Waals surface area contributed by atoms with E-state index < -0.39 is 57.4 Å². The lowest BCUT2D eigenvalue weighted by Gasteiger charge is -2.29. The summed E-state index contributed by atoms with van der Waals surface area (Å²) >= 11 is 3.41. The molecule has 1 saturated carbocycles. The second-order valence-electron chi connectivity index (χ2n) is 13.2. The number of sulfonamides is 1. The maximum absolute atomic E-state index is 14.4. The minimum atomic E-state index is -4.19. The molecule has 53 heavy (non-hydrogen) atoms. The van der Waals surface area contributed by atoms with Crippen LogP contribution in [0.2, 0.25) is 0 Å². The van der Waals surface area contributed by atoms with Crippen molar-refractivity contribution in [1.82, 2.24) is 30.2 Å². The van der Waals surface area contributed by atoms with Crippen molar-refractivity contribution >= 4 is 78.5 Å². The van der Waals surface area contributed by atoms with Crippen LogP contribution in [0.25, 0.3) is 21.6 Å². The predicted octanol–water partition coefficient (Wildman–Crippen LogP) is 5.11. The Labute approximate surface area is 319 Å². The predicted molar refractivity (Wildman–Crippen MR) is 204 cm³/mol. The average molecular weight is 795 g/mol. The van der Waals surface area contributed by atoms with Crippen LogP contribution in [0.15, 0.2) is 75.7 Å². The number of hydrogen-bond donors (Lipinski definition) is 3. The molecule has 0 spiro atoms. The molecule has 13 nitrogen and oxygen atoms in total. The molecule has 3 N–H and O–H groups in total. The van der Waals surface area contributed by atoms with Gasteiger partial charge >= 0.3 is 0 Å². The Morgan fingerprint density at radius 3 is 2.53 bits per heavy atom. The number of benzene rings is 1. The molecule has 0 bridgehead atoms. The zero-order chi connectivity index (χ0) is 37.2. The maximum Gasteiger partial charge on any atom is 0.279 e. The lowest BCUT2D eigenvalue weighted by atomic mass is 10.1. The number of fused-ring (bicyclic) bond motifs is 3. The van der Waals surface area contributed by atoms with Crippen LogP contribution < -0.4 is 20.1 Å². The Morgan fingerprint density at radius 1 is 1.02 bits per heavy atom. The third kappa shape index (κ3) is 7.98. The Morgan fingerprint density at radius 2 is 1.79 bits per heavy atom. The Hall–Kier alpha value is -4.32.